The lowest BCUT2D eigenvalue weighted by atomic mass is 9.93. The molecule has 0 aromatic heterocycles. The molecule has 0 aliphatic heterocycles. The molecule has 40 valence electrons. The normalized spacial score (nSPS) is 13.4. The highest BCUT2D eigenvalue weighted by Gasteiger charge is 1.94. The molecule has 0 saturated heterocycles. The second kappa shape index (κ2) is 2.83. The molecule has 1 atom stereocenters. The van der Waals surface area contributed by atoms with E-state index in [1.807, 2.05) is 7.85 Å². The van der Waals surface area contributed by atoms with Crippen molar-refractivity contribution in [1.29, 1.82) is 0 Å². The number of halogens is 1. The number of hydrogen-bond acceptors (Lipinski definition) is 0. The quantitative estimate of drug-likeness (QED) is 0.452. The van der Waals surface area contributed by atoms with Crippen LogP contribution in [-0.2, 0) is 0 Å². The zero-order valence-electron chi connectivity index (χ0n) is 4.87. The molecule has 0 fully saturated rings. The summed E-state index contributed by atoms with van der Waals surface area (Å²) in [5.41, 5.74) is 0.912. The molecule has 0 amide bonds. The Hall–Kier alpha value is -0.265. The van der Waals surface area contributed by atoms with E-state index in [0.717, 1.165) is 5.47 Å². The van der Waals surface area contributed by atoms with Gasteiger partial charge >= 0.3 is 0 Å². The van der Waals surface area contributed by atoms with Crippen molar-refractivity contribution in [3.63, 3.8) is 0 Å². The molecular weight excluding hydrogens is 89.9 g/mol. The van der Waals surface area contributed by atoms with Gasteiger partial charge in [0.2, 0.25) is 0 Å². The number of allylic oxidation sites excluding steroid dienone is 1. The van der Waals surface area contributed by atoms with E-state index in [1.54, 1.807) is 0 Å². The monoisotopic (exact) mass is 100 g/mol. The molecule has 0 aromatic carbocycles. The highest BCUT2D eigenvalue weighted by Crippen LogP contribution is 2.00. The molecule has 0 nitrogen and oxygen atoms in total. The fourth-order valence-corrected chi connectivity index (χ4v) is 0.480. The Morgan fingerprint density at radius 1 is 2.00 bits per heavy atom. The topological polar surface area (TPSA) is 0 Å². The molecule has 1 unspecified atom stereocenters. The van der Waals surface area contributed by atoms with Gasteiger partial charge in [-0.05, 0) is 13.3 Å². The molecule has 0 aliphatic carbocycles. The van der Waals surface area contributed by atoms with Gasteiger partial charge < -0.3 is 0 Å². The van der Waals surface area contributed by atoms with Gasteiger partial charge in [0.1, 0.15) is 14.0 Å². The predicted molar refractivity (Wildman–Crippen MR) is 32.9 cm³/mol. The Labute approximate surface area is 44.8 Å². The van der Waals surface area contributed by atoms with Gasteiger partial charge in [-0.3, -0.25) is 0 Å². The summed E-state index contributed by atoms with van der Waals surface area (Å²) in [5, 5.41) is 0. The fraction of sp³-hybridized carbons (Fsp3) is 0.600. The van der Waals surface area contributed by atoms with Crippen molar-refractivity contribution >= 4 is 7.85 Å². The first-order valence-electron chi connectivity index (χ1n) is 2.41. The first-order valence-corrected chi connectivity index (χ1v) is 2.41. The summed E-state index contributed by atoms with van der Waals surface area (Å²) >= 11 is 0. The van der Waals surface area contributed by atoms with Crippen LogP contribution < -0.4 is 0 Å². The highest BCUT2D eigenvalue weighted by atomic mass is 19.1. The molecule has 0 saturated carbocycles. The van der Waals surface area contributed by atoms with Crippen molar-refractivity contribution in [3.8, 4) is 0 Å². The van der Waals surface area contributed by atoms with Crippen LogP contribution in [-0.4, -0.2) is 14.0 Å². The van der Waals surface area contributed by atoms with Crippen molar-refractivity contribution in [2.45, 2.75) is 19.5 Å². The Kier molecular flexibility index (Phi) is 2.73. The number of rotatable bonds is 2. The Morgan fingerprint density at radius 3 is 2.43 bits per heavy atom. The number of hydrogen-bond donors (Lipinski definition) is 0. The van der Waals surface area contributed by atoms with E-state index in [9.17, 15) is 4.39 Å². The molecule has 0 aliphatic rings. The van der Waals surface area contributed by atoms with Crippen LogP contribution in [0.4, 0.5) is 4.39 Å². The smallest absolute Gasteiger partial charge is 0.133 e. The van der Waals surface area contributed by atoms with Crippen molar-refractivity contribution in [1.82, 2.24) is 0 Å². The Balaban J connectivity index is 3.13. The molecular formula is C5H10BF. The van der Waals surface area contributed by atoms with Crippen molar-refractivity contribution in [2.24, 2.45) is 0 Å². The van der Waals surface area contributed by atoms with Crippen molar-refractivity contribution in [2.75, 3.05) is 0 Å². The second-order valence-corrected chi connectivity index (χ2v) is 1.94. The second-order valence-electron chi connectivity index (χ2n) is 1.94. The lowest BCUT2D eigenvalue weighted by molar-refractivity contribution is 0.363. The largest absolute Gasteiger partial charge is 0.247 e. The minimum atomic E-state index is -0.725. The van der Waals surface area contributed by atoms with E-state index in [1.165, 1.54) is 6.92 Å². The van der Waals surface area contributed by atoms with Crippen LogP contribution in [0.2, 0.25) is 0 Å². The van der Waals surface area contributed by atoms with E-state index in [4.69, 9.17) is 0 Å². The maximum atomic E-state index is 11.9. The summed E-state index contributed by atoms with van der Waals surface area (Å²) in [7, 11) is 1.83. The summed E-state index contributed by atoms with van der Waals surface area (Å²) in [6.45, 7) is 5.09. The SMILES string of the molecule is BC(=C)CC(C)F. The average Bonchev–Trinajstić information content (AvgIpc) is 1.27. The summed E-state index contributed by atoms with van der Waals surface area (Å²) in [6, 6.07) is 0. The molecule has 0 rings (SSSR count). The molecule has 0 radical (unpaired) electrons. The van der Waals surface area contributed by atoms with Crippen molar-refractivity contribution in [3.05, 3.63) is 12.1 Å². The van der Waals surface area contributed by atoms with Crippen LogP contribution in [0, 0.1) is 0 Å². The third-order valence-electron chi connectivity index (χ3n) is 0.630. The van der Waals surface area contributed by atoms with Crippen LogP contribution in [0.1, 0.15) is 13.3 Å². The minimum Gasteiger partial charge on any atom is -0.247 e. The summed E-state index contributed by atoms with van der Waals surface area (Å²) in [4.78, 5) is 0. The standard InChI is InChI=1S/C5H10BF/c1-4(6)3-5(2)7/h5H,1,3,6H2,2H3. The molecule has 2 heteroatoms. The molecule has 7 heavy (non-hydrogen) atoms. The van der Waals surface area contributed by atoms with E-state index in [0.29, 0.717) is 6.42 Å². The zero-order valence-corrected chi connectivity index (χ0v) is 4.87. The van der Waals surface area contributed by atoms with Gasteiger partial charge in [0.25, 0.3) is 0 Å². The fourth-order valence-electron chi connectivity index (χ4n) is 0.480. The summed E-state index contributed by atoms with van der Waals surface area (Å²) in [5.74, 6) is 0. The lowest BCUT2D eigenvalue weighted by Gasteiger charge is -1.96. The van der Waals surface area contributed by atoms with Crippen LogP contribution in [0.5, 0.6) is 0 Å². The maximum absolute atomic E-state index is 11.9. The van der Waals surface area contributed by atoms with E-state index < -0.39 is 6.17 Å². The van der Waals surface area contributed by atoms with Gasteiger partial charge in [0, 0.05) is 0 Å². The Morgan fingerprint density at radius 2 is 2.43 bits per heavy atom. The zero-order chi connectivity index (χ0) is 5.86. The van der Waals surface area contributed by atoms with Gasteiger partial charge in [-0.1, -0.05) is 0 Å². The molecule has 0 spiro atoms. The minimum absolute atomic E-state index is 0.500. The lowest BCUT2D eigenvalue weighted by Crippen LogP contribution is -1.92. The van der Waals surface area contributed by atoms with E-state index >= 15 is 0 Å². The molecule has 0 aromatic rings. The van der Waals surface area contributed by atoms with Gasteiger partial charge in [0.05, 0.1) is 0 Å². The number of alkyl halides is 1. The van der Waals surface area contributed by atoms with E-state index in [-0.39, 0.29) is 0 Å². The van der Waals surface area contributed by atoms with Crippen LogP contribution >= 0.6 is 0 Å². The molecule has 0 heterocycles. The van der Waals surface area contributed by atoms with Crippen LogP contribution in [0.3, 0.4) is 0 Å². The Bertz CT molecular complexity index is 68.5. The molecule has 0 N–H and O–H groups in total. The van der Waals surface area contributed by atoms with Gasteiger partial charge in [-0.15, -0.1) is 12.1 Å². The van der Waals surface area contributed by atoms with Gasteiger partial charge in [-0.2, -0.15) is 0 Å². The van der Waals surface area contributed by atoms with Crippen LogP contribution in [0.25, 0.3) is 0 Å². The first kappa shape index (κ1) is 6.73. The van der Waals surface area contributed by atoms with Crippen molar-refractivity contribution < 1.29 is 4.39 Å². The predicted octanol–water partition coefficient (Wildman–Crippen LogP) is 0.881. The highest BCUT2D eigenvalue weighted by molar-refractivity contribution is 6.21. The average molecular weight is 99.9 g/mol. The van der Waals surface area contributed by atoms with Crippen LogP contribution in [0.15, 0.2) is 12.1 Å². The first-order chi connectivity index (χ1) is 3.13. The summed E-state index contributed by atoms with van der Waals surface area (Å²) < 4.78 is 11.9. The van der Waals surface area contributed by atoms with Gasteiger partial charge in [0.15, 0.2) is 0 Å². The maximum Gasteiger partial charge on any atom is 0.133 e. The summed E-state index contributed by atoms with van der Waals surface area (Å²) in [6.07, 6.45) is -0.225. The molecule has 0 bridgehead atoms. The third kappa shape index (κ3) is 5.73. The van der Waals surface area contributed by atoms with Gasteiger partial charge in [-0.25, -0.2) is 4.39 Å². The van der Waals surface area contributed by atoms with E-state index in [2.05, 4.69) is 6.58 Å². The third-order valence-corrected chi connectivity index (χ3v) is 0.630.